The van der Waals surface area contributed by atoms with Crippen molar-refractivity contribution in [1.82, 2.24) is 26.6 Å². The van der Waals surface area contributed by atoms with Gasteiger partial charge in [-0.1, -0.05) is 91.0 Å². The lowest BCUT2D eigenvalue weighted by Gasteiger charge is -2.21. The molecular weight excluding hydrogens is 809 g/mol. The molecule has 0 saturated carbocycles. The molecule has 0 radical (unpaired) electrons. The summed E-state index contributed by atoms with van der Waals surface area (Å²) in [6, 6.07) is 28.8. The first-order chi connectivity index (χ1) is 30.2. The summed E-state index contributed by atoms with van der Waals surface area (Å²) < 4.78 is 11.0. The molecule has 2 atom stereocenters. The number of hydrogen-bond acceptors (Lipinski definition) is 10. The maximum absolute atomic E-state index is 13.4. The summed E-state index contributed by atoms with van der Waals surface area (Å²) in [4.78, 5) is 90.6. The number of alkyl carbamates (subject to hydrolysis) is 1. The summed E-state index contributed by atoms with van der Waals surface area (Å²) >= 11 is 0. The van der Waals surface area contributed by atoms with Gasteiger partial charge in [0.15, 0.2) is 0 Å². The molecular formula is C47H54N6O10. The Labute approximate surface area is 365 Å². The standard InChI is InChI=1S/C47H54N6O10/c1-47(2,3)63-43(58)19-11-18-38(53-46(61)62-29-37-35-16-9-7-14-33(35)34-15-8-10-17-36(34)37)44(59)49-25-40(55)48-26-42(57)52-39(24-30-12-5-4-6-13-30)45(60)50-27-41(56)51-32-22-20-31(28-54)21-23-32/h4-10,12-17,20-23,37-39,54H,11,18-19,24-29H2,1-3H3,(H,48,55)(H,49,59)(H,50,60)(H,51,56)(H,52,57)(H,53,61)/t38-,39-/m0/s1. The van der Waals surface area contributed by atoms with E-state index in [9.17, 15) is 38.7 Å². The Morgan fingerprint density at radius 2 is 1.21 bits per heavy atom. The highest BCUT2D eigenvalue weighted by atomic mass is 16.6. The number of esters is 1. The fourth-order valence-corrected chi connectivity index (χ4v) is 6.92. The number of anilines is 1. The van der Waals surface area contributed by atoms with Crippen molar-refractivity contribution in [2.75, 3.05) is 31.6 Å². The Balaban J connectivity index is 1.12. The van der Waals surface area contributed by atoms with Crippen LogP contribution in [-0.4, -0.2) is 90.6 Å². The molecule has 1 aliphatic carbocycles. The van der Waals surface area contributed by atoms with E-state index < -0.39 is 78.9 Å². The van der Waals surface area contributed by atoms with Gasteiger partial charge in [0.2, 0.25) is 29.5 Å². The van der Waals surface area contributed by atoms with Crippen LogP contribution < -0.4 is 31.9 Å². The van der Waals surface area contributed by atoms with Gasteiger partial charge in [0.05, 0.1) is 26.2 Å². The van der Waals surface area contributed by atoms with Crippen molar-refractivity contribution >= 4 is 47.3 Å². The normalized spacial score (nSPS) is 12.6. The second kappa shape index (κ2) is 22.7. The van der Waals surface area contributed by atoms with Crippen molar-refractivity contribution in [2.24, 2.45) is 0 Å². The number of hydrogen-bond donors (Lipinski definition) is 7. The topological polar surface area (TPSA) is 230 Å². The van der Waals surface area contributed by atoms with Gasteiger partial charge in [-0.25, -0.2) is 4.79 Å². The maximum atomic E-state index is 13.4. The quantitative estimate of drug-likeness (QED) is 0.0639. The summed E-state index contributed by atoms with van der Waals surface area (Å²) in [5, 5.41) is 24.5. The Morgan fingerprint density at radius 3 is 1.83 bits per heavy atom. The average molecular weight is 863 g/mol. The lowest BCUT2D eigenvalue weighted by Crippen LogP contribution is -2.52. The summed E-state index contributed by atoms with van der Waals surface area (Å²) in [5.74, 6) is -4.03. The lowest BCUT2D eigenvalue weighted by atomic mass is 9.98. The van der Waals surface area contributed by atoms with Crippen LogP contribution in [0, 0.1) is 0 Å². The Kier molecular flexibility index (Phi) is 16.9. The van der Waals surface area contributed by atoms with Crippen molar-refractivity contribution in [3.05, 3.63) is 125 Å². The van der Waals surface area contributed by atoms with Crippen molar-refractivity contribution in [3.8, 4) is 11.1 Å². The van der Waals surface area contributed by atoms with Gasteiger partial charge in [0.25, 0.3) is 0 Å². The Hall–Kier alpha value is -7.07. The molecule has 7 N–H and O–H groups in total. The molecule has 5 rings (SSSR count). The number of benzene rings is 4. The van der Waals surface area contributed by atoms with E-state index in [1.165, 1.54) is 0 Å². The van der Waals surface area contributed by atoms with Crippen molar-refractivity contribution < 1.29 is 48.1 Å². The molecule has 0 fully saturated rings. The summed E-state index contributed by atoms with van der Waals surface area (Å²) in [6.45, 7) is 3.56. The molecule has 0 aliphatic heterocycles. The van der Waals surface area contributed by atoms with Crippen LogP contribution in [0.15, 0.2) is 103 Å². The summed E-state index contributed by atoms with van der Waals surface area (Å²) in [5.41, 5.74) is 5.27. The number of rotatable bonds is 20. The number of aliphatic hydroxyl groups excluding tert-OH is 1. The number of carbonyl (C=O) groups is 7. The van der Waals surface area contributed by atoms with E-state index in [2.05, 4.69) is 31.9 Å². The number of nitrogens with one attached hydrogen (secondary N) is 6. The highest BCUT2D eigenvalue weighted by Crippen LogP contribution is 2.44. The number of ether oxygens (including phenoxy) is 2. The molecule has 4 aromatic rings. The van der Waals surface area contributed by atoms with Gasteiger partial charge < -0.3 is 46.5 Å². The number of aliphatic hydroxyl groups is 1. The second-order valence-corrected chi connectivity index (χ2v) is 15.9. The Bertz CT molecular complexity index is 2200. The first-order valence-corrected chi connectivity index (χ1v) is 20.7. The fraction of sp³-hybridized carbons (Fsp3) is 0.340. The van der Waals surface area contributed by atoms with E-state index in [0.717, 1.165) is 27.8 Å². The third kappa shape index (κ3) is 14.8. The fourth-order valence-electron chi connectivity index (χ4n) is 6.92. The molecule has 16 nitrogen and oxygen atoms in total. The van der Waals surface area contributed by atoms with E-state index in [1.807, 2.05) is 48.5 Å². The monoisotopic (exact) mass is 862 g/mol. The van der Waals surface area contributed by atoms with Gasteiger partial charge in [-0.2, -0.15) is 0 Å². The number of fused-ring (bicyclic) bond motifs is 3. The predicted octanol–water partition coefficient (Wildman–Crippen LogP) is 3.61. The van der Waals surface area contributed by atoms with E-state index in [0.29, 0.717) is 11.3 Å². The average Bonchev–Trinajstić information content (AvgIpc) is 3.58. The predicted molar refractivity (Wildman–Crippen MR) is 234 cm³/mol. The Morgan fingerprint density at radius 1 is 0.635 bits per heavy atom. The first kappa shape index (κ1) is 47.0. The second-order valence-electron chi connectivity index (χ2n) is 15.9. The third-order valence-corrected chi connectivity index (χ3v) is 9.89. The molecule has 16 heteroatoms. The SMILES string of the molecule is CC(C)(C)OC(=O)CCC[C@H](NC(=O)OCC1c2ccccc2-c2ccccc21)C(=O)NCC(=O)NCC(=O)N[C@@H](Cc1ccccc1)C(=O)NCC(=O)Nc1ccc(CO)cc1. The molecule has 332 valence electrons. The maximum Gasteiger partial charge on any atom is 0.407 e. The first-order valence-electron chi connectivity index (χ1n) is 20.7. The minimum Gasteiger partial charge on any atom is -0.460 e. The van der Waals surface area contributed by atoms with Crippen LogP contribution in [0.5, 0.6) is 0 Å². The molecule has 0 spiro atoms. The largest absolute Gasteiger partial charge is 0.460 e. The minimum absolute atomic E-state index is 0.00140. The third-order valence-electron chi connectivity index (χ3n) is 9.89. The molecule has 63 heavy (non-hydrogen) atoms. The summed E-state index contributed by atoms with van der Waals surface area (Å²) in [7, 11) is 0. The van der Waals surface area contributed by atoms with Crippen molar-refractivity contribution in [2.45, 2.75) is 76.7 Å². The van der Waals surface area contributed by atoms with Crippen LogP contribution in [-0.2, 0) is 51.3 Å². The zero-order valence-electron chi connectivity index (χ0n) is 35.5. The zero-order chi connectivity index (χ0) is 45.4. The molecule has 4 aromatic carbocycles. The minimum atomic E-state index is -1.19. The van der Waals surface area contributed by atoms with Crippen LogP contribution in [0.25, 0.3) is 11.1 Å². The van der Waals surface area contributed by atoms with Crippen molar-refractivity contribution in [3.63, 3.8) is 0 Å². The van der Waals surface area contributed by atoms with Crippen LogP contribution in [0.3, 0.4) is 0 Å². The van der Waals surface area contributed by atoms with Gasteiger partial charge in [-0.05, 0) is 79.1 Å². The van der Waals surface area contributed by atoms with E-state index >= 15 is 0 Å². The molecule has 6 amide bonds. The smallest absolute Gasteiger partial charge is 0.407 e. The zero-order valence-corrected chi connectivity index (χ0v) is 35.5. The molecule has 1 aliphatic rings. The van der Waals surface area contributed by atoms with Crippen LogP contribution in [0.4, 0.5) is 10.5 Å². The van der Waals surface area contributed by atoms with E-state index in [1.54, 1.807) is 75.4 Å². The molecule has 0 aromatic heterocycles. The molecule has 0 bridgehead atoms. The molecule has 0 heterocycles. The van der Waals surface area contributed by atoms with Gasteiger partial charge in [-0.3, -0.25) is 28.8 Å². The van der Waals surface area contributed by atoms with Crippen LogP contribution >= 0.6 is 0 Å². The van der Waals surface area contributed by atoms with Gasteiger partial charge in [0.1, 0.15) is 24.3 Å². The highest BCUT2D eigenvalue weighted by Gasteiger charge is 2.30. The highest BCUT2D eigenvalue weighted by molar-refractivity contribution is 5.97. The van der Waals surface area contributed by atoms with E-state index in [-0.39, 0.29) is 44.8 Å². The number of amides is 6. The van der Waals surface area contributed by atoms with Crippen LogP contribution in [0.2, 0.25) is 0 Å². The van der Waals surface area contributed by atoms with Crippen LogP contribution in [0.1, 0.15) is 68.2 Å². The summed E-state index contributed by atoms with van der Waals surface area (Å²) in [6.07, 6.45) is -0.619. The lowest BCUT2D eigenvalue weighted by molar-refractivity contribution is -0.155. The van der Waals surface area contributed by atoms with Gasteiger partial charge in [-0.15, -0.1) is 0 Å². The van der Waals surface area contributed by atoms with Gasteiger partial charge >= 0.3 is 12.1 Å². The number of carbonyl (C=O) groups excluding carboxylic acids is 7. The van der Waals surface area contributed by atoms with Gasteiger partial charge in [0, 0.05) is 24.4 Å². The molecule has 0 saturated heterocycles. The van der Waals surface area contributed by atoms with Crippen molar-refractivity contribution in [1.29, 1.82) is 0 Å². The van der Waals surface area contributed by atoms with E-state index in [4.69, 9.17) is 9.47 Å². The molecule has 0 unspecified atom stereocenters.